The van der Waals surface area contributed by atoms with Crippen LogP contribution in [0.5, 0.6) is 0 Å². The third-order valence-electron chi connectivity index (χ3n) is 4.80. The van der Waals surface area contributed by atoms with E-state index < -0.39 is 0 Å². The Hall–Kier alpha value is -1.84. The Balaban J connectivity index is 1.77. The third kappa shape index (κ3) is 4.16. The van der Waals surface area contributed by atoms with Crippen LogP contribution in [0.25, 0.3) is 0 Å². The molecule has 0 unspecified atom stereocenters. The van der Waals surface area contributed by atoms with Gasteiger partial charge in [0, 0.05) is 29.7 Å². The summed E-state index contributed by atoms with van der Waals surface area (Å²) in [6, 6.07) is 16.2. The zero-order chi connectivity index (χ0) is 16.9. The predicted molar refractivity (Wildman–Crippen MR) is 97.9 cm³/mol. The first-order chi connectivity index (χ1) is 11.6. The second-order valence-electron chi connectivity index (χ2n) is 6.50. The van der Waals surface area contributed by atoms with Crippen molar-refractivity contribution in [1.29, 1.82) is 0 Å². The van der Waals surface area contributed by atoms with E-state index in [1.807, 2.05) is 30.3 Å². The molecule has 0 atom stereocenters. The Kier molecular flexibility index (Phi) is 5.54. The lowest BCUT2D eigenvalue weighted by Crippen LogP contribution is -2.32. The number of amides is 1. The van der Waals surface area contributed by atoms with E-state index in [4.69, 9.17) is 17.3 Å². The molecule has 3 nitrogen and oxygen atoms in total. The van der Waals surface area contributed by atoms with Crippen LogP contribution in [-0.4, -0.2) is 16.8 Å². The molecule has 2 N–H and O–H groups in total. The van der Waals surface area contributed by atoms with Crippen LogP contribution in [0.3, 0.4) is 0 Å². The number of nitrogens with zero attached hydrogens (tertiary/aromatic N) is 1. The topological polar surface area (TPSA) is 46.3 Å². The average molecular weight is 343 g/mol. The molecule has 4 heteroatoms. The van der Waals surface area contributed by atoms with Gasteiger partial charge in [-0.25, -0.2) is 0 Å². The minimum atomic E-state index is -0.384. The highest BCUT2D eigenvalue weighted by molar-refractivity contribution is 6.31. The van der Waals surface area contributed by atoms with Crippen LogP contribution in [0, 0.1) is 0 Å². The van der Waals surface area contributed by atoms with Crippen molar-refractivity contribution in [2.24, 2.45) is 5.73 Å². The fourth-order valence-electron chi connectivity index (χ4n) is 3.44. The van der Waals surface area contributed by atoms with Crippen molar-refractivity contribution >= 4 is 17.5 Å². The molecule has 0 aliphatic heterocycles. The second-order valence-corrected chi connectivity index (χ2v) is 6.90. The zero-order valence-electron chi connectivity index (χ0n) is 13.7. The number of rotatable bonds is 6. The van der Waals surface area contributed by atoms with Gasteiger partial charge in [0.25, 0.3) is 0 Å². The molecule has 2 aromatic rings. The van der Waals surface area contributed by atoms with Crippen molar-refractivity contribution < 1.29 is 4.79 Å². The van der Waals surface area contributed by atoms with Gasteiger partial charge in [0.05, 0.1) is 0 Å². The first-order valence-corrected chi connectivity index (χ1v) is 8.87. The van der Waals surface area contributed by atoms with E-state index in [-0.39, 0.29) is 5.91 Å². The summed E-state index contributed by atoms with van der Waals surface area (Å²) in [5.41, 5.74) is 8.23. The highest BCUT2D eigenvalue weighted by Gasteiger charge is 2.23. The molecular weight excluding hydrogens is 320 g/mol. The summed E-state index contributed by atoms with van der Waals surface area (Å²) >= 11 is 6.36. The molecule has 0 heterocycles. The number of carbonyl (C=O) groups is 1. The Morgan fingerprint density at radius 2 is 1.71 bits per heavy atom. The van der Waals surface area contributed by atoms with Crippen molar-refractivity contribution in [2.75, 3.05) is 0 Å². The average Bonchev–Trinajstić information content (AvgIpc) is 3.11. The van der Waals surface area contributed by atoms with Gasteiger partial charge in [-0.1, -0.05) is 54.8 Å². The normalized spacial score (nSPS) is 15.1. The lowest BCUT2D eigenvalue weighted by Gasteiger charge is -2.29. The lowest BCUT2D eigenvalue weighted by atomic mass is 10.1. The van der Waals surface area contributed by atoms with Crippen LogP contribution in [-0.2, 0) is 13.1 Å². The van der Waals surface area contributed by atoms with E-state index in [1.165, 1.54) is 36.8 Å². The van der Waals surface area contributed by atoms with Crippen molar-refractivity contribution in [3.05, 3.63) is 70.2 Å². The molecule has 24 heavy (non-hydrogen) atoms. The Bertz CT molecular complexity index is 693. The van der Waals surface area contributed by atoms with Crippen molar-refractivity contribution in [2.45, 2.75) is 44.8 Å². The van der Waals surface area contributed by atoms with Crippen molar-refractivity contribution in [3.63, 3.8) is 0 Å². The molecule has 1 aliphatic rings. The molecule has 0 aromatic heterocycles. The van der Waals surface area contributed by atoms with E-state index in [9.17, 15) is 4.79 Å². The third-order valence-corrected chi connectivity index (χ3v) is 5.17. The molecule has 1 aliphatic carbocycles. The van der Waals surface area contributed by atoms with Gasteiger partial charge in [-0.15, -0.1) is 0 Å². The zero-order valence-corrected chi connectivity index (χ0v) is 14.5. The molecule has 1 fully saturated rings. The van der Waals surface area contributed by atoms with Crippen LogP contribution in [0.4, 0.5) is 0 Å². The number of halogens is 1. The fourth-order valence-corrected chi connectivity index (χ4v) is 3.63. The minimum Gasteiger partial charge on any atom is -0.366 e. The number of nitrogens with two attached hydrogens (primary N) is 1. The highest BCUT2D eigenvalue weighted by Crippen LogP contribution is 2.28. The quantitative estimate of drug-likeness (QED) is 0.846. The summed E-state index contributed by atoms with van der Waals surface area (Å²) in [5, 5.41) is 0.824. The summed E-state index contributed by atoms with van der Waals surface area (Å²) in [6.07, 6.45) is 5.07. The number of primary amides is 1. The number of hydrogen-bond acceptors (Lipinski definition) is 2. The molecule has 2 aromatic carbocycles. The van der Waals surface area contributed by atoms with Crippen LogP contribution in [0.2, 0.25) is 5.02 Å². The molecule has 0 radical (unpaired) electrons. The van der Waals surface area contributed by atoms with Crippen LogP contribution < -0.4 is 5.73 Å². The Morgan fingerprint density at radius 3 is 2.33 bits per heavy atom. The molecule has 126 valence electrons. The van der Waals surface area contributed by atoms with Gasteiger partial charge in [0.2, 0.25) is 5.91 Å². The maximum absolute atomic E-state index is 11.2. The largest absolute Gasteiger partial charge is 0.366 e. The summed E-state index contributed by atoms with van der Waals surface area (Å²) < 4.78 is 0. The Labute approximate surface area is 148 Å². The minimum absolute atomic E-state index is 0.384. The number of carbonyl (C=O) groups excluding carboxylic acids is 1. The van der Waals surface area contributed by atoms with Gasteiger partial charge in [0.15, 0.2) is 0 Å². The van der Waals surface area contributed by atoms with E-state index in [2.05, 4.69) is 11.0 Å². The summed E-state index contributed by atoms with van der Waals surface area (Å²) in [6.45, 7) is 1.71. The lowest BCUT2D eigenvalue weighted by molar-refractivity contribution is 0.1000. The smallest absolute Gasteiger partial charge is 0.248 e. The summed E-state index contributed by atoms with van der Waals surface area (Å²) in [7, 11) is 0. The molecule has 0 spiro atoms. The van der Waals surface area contributed by atoms with Gasteiger partial charge < -0.3 is 5.73 Å². The van der Waals surface area contributed by atoms with E-state index in [0.29, 0.717) is 11.6 Å². The number of benzene rings is 2. The van der Waals surface area contributed by atoms with E-state index in [1.54, 1.807) is 12.1 Å². The standard InChI is InChI=1S/C20H23ClN2O/c21-19-8-4-1-5-17(19)14-23(18-6-2-3-7-18)13-15-9-11-16(12-10-15)20(22)24/h1,4-5,8-12,18H,2-3,6-7,13-14H2,(H2,22,24). The summed E-state index contributed by atoms with van der Waals surface area (Å²) in [5.74, 6) is -0.384. The molecular formula is C20H23ClN2O. The van der Waals surface area contributed by atoms with Gasteiger partial charge in [-0.2, -0.15) is 0 Å². The van der Waals surface area contributed by atoms with Gasteiger partial charge >= 0.3 is 0 Å². The summed E-state index contributed by atoms with van der Waals surface area (Å²) in [4.78, 5) is 13.7. The predicted octanol–water partition coefficient (Wildman–Crippen LogP) is 4.38. The first-order valence-electron chi connectivity index (χ1n) is 8.49. The van der Waals surface area contributed by atoms with Gasteiger partial charge in [0.1, 0.15) is 0 Å². The SMILES string of the molecule is NC(=O)c1ccc(CN(Cc2ccccc2Cl)C2CCCC2)cc1. The van der Waals surface area contributed by atoms with Crippen molar-refractivity contribution in [1.82, 2.24) is 4.90 Å². The first kappa shape index (κ1) is 17.0. The van der Waals surface area contributed by atoms with Crippen LogP contribution in [0.15, 0.2) is 48.5 Å². The van der Waals surface area contributed by atoms with Gasteiger partial charge in [-0.05, 0) is 42.2 Å². The monoisotopic (exact) mass is 342 g/mol. The maximum Gasteiger partial charge on any atom is 0.248 e. The molecule has 0 saturated heterocycles. The van der Waals surface area contributed by atoms with Crippen LogP contribution >= 0.6 is 11.6 Å². The molecule has 0 bridgehead atoms. The number of hydrogen-bond donors (Lipinski definition) is 1. The molecule has 1 saturated carbocycles. The maximum atomic E-state index is 11.2. The van der Waals surface area contributed by atoms with Crippen LogP contribution in [0.1, 0.15) is 47.2 Å². The second kappa shape index (κ2) is 7.82. The highest BCUT2D eigenvalue weighted by atomic mass is 35.5. The fraction of sp³-hybridized carbons (Fsp3) is 0.350. The van der Waals surface area contributed by atoms with Crippen molar-refractivity contribution in [3.8, 4) is 0 Å². The van der Waals surface area contributed by atoms with Gasteiger partial charge in [-0.3, -0.25) is 9.69 Å². The molecule has 1 amide bonds. The van der Waals surface area contributed by atoms with E-state index >= 15 is 0 Å². The van der Waals surface area contributed by atoms with E-state index in [0.717, 1.165) is 18.1 Å². The molecule has 3 rings (SSSR count). The Morgan fingerprint density at radius 1 is 1.04 bits per heavy atom.